The highest BCUT2D eigenvalue weighted by atomic mass is 19.1. The van der Waals surface area contributed by atoms with Crippen LogP contribution in [0.4, 0.5) is 4.39 Å². The third kappa shape index (κ3) is 4.41. The van der Waals surface area contributed by atoms with E-state index >= 15 is 0 Å². The van der Waals surface area contributed by atoms with Gasteiger partial charge in [0, 0.05) is 0 Å². The normalized spacial score (nSPS) is 11.9. The lowest BCUT2D eigenvalue weighted by Crippen LogP contribution is -2.45. The minimum absolute atomic E-state index is 0.0115. The molecule has 2 aromatic carbocycles. The maximum atomic E-state index is 13.9. The number of carbonyl (C=O) groups is 2. The molecule has 1 aromatic heterocycles. The van der Waals surface area contributed by atoms with Gasteiger partial charge in [-0.3, -0.25) is 4.79 Å². The number of hydrogen-bond acceptors (Lipinski definition) is 5. The number of halogens is 1. The number of benzene rings is 2. The van der Waals surface area contributed by atoms with Crippen LogP contribution in [0.25, 0.3) is 11.0 Å². The Morgan fingerprint density at radius 1 is 1.14 bits per heavy atom. The van der Waals surface area contributed by atoms with Crippen molar-refractivity contribution in [1.82, 2.24) is 5.32 Å². The van der Waals surface area contributed by atoms with Gasteiger partial charge in [-0.2, -0.15) is 0 Å². The number of aliphatic carboxylic acids is 1. The molecule has 3 aromatic rings. The smallest absolute Gasteiger partial charge is 0.349 e. The molecular weight excluding hydrogens is 369 g/mol. The van der Waals surface area contributed by atoms with Crippen molar-refractivity contribution >= 4 is 22.8 Å². The Morgan fingerprint density at radius 2 is 1.89 bits per heavy atom. The minimum atomic E-state index is -1.40. The average Bonchev–Trinajstić information content (AvgIpc) is 2.67. The largest absolute Gasteiger partial charge is 0.480 e. The predicted molar refractivity (Wildman–Crippen MR) is 97.4 cm³/mol. The topological polar surface area (TPSA) is 106 Å². The molecule has 0 fully saturated rings. The van der Waals surface area contributed by atoms with Crippen molar-refractivity contribution in [2.45, 2.75) is 12.6 Å². The Labute approximate surface area is 158 Å². The van der Waals surface area contributed by atoms with Gasteiger partial charge in [0.2, 0.25) is 0 Å². The van der Waals surface area contributed by atoms with Gasteiger partial charge in [0.25, 0.3) is 5.91 Å². The van der Waals surface area contributed by atoms with E-state index in [0.717, 1.165) is 17.7 Å². The first-order chi connectivity index (χ1) is 13.5. The zero-order valence-corrected chi connectivity index (χ0v) is 14.6. The fourth-order valence-electron chi connectivity index (χ4n) is 2.54. The van der Waals surface area contributed by atoms with E-state index in [4.69, 9.17) is 9.15 Å². The molecule has 2 N–H and O–H groups in total. The number of carboxylic acids is 1. The van der Waals surface area contributed by atoms with Crippen LogP contribution < -0.4 is 10.9 Å². The summed E-state index contributed by atoms with van der Waals surface area (Å²) in [6.45, 7) is -0.160. The average molecular weight is 385 g/mol. The number of carbonyl (C=O) groups excluding carboxylic acids is 1. The Bertz CT molecular complexity index is 1060. The van der Waals surface area contributed by atoms with Crippen molar-refractivity contribution in [2.75, 3.05) is 6.61 Å². The van der Waals surface area contributed by atoms with Crippen molar-refractivity contribution in [3.63, 3.8) is 0 Å². The zero-order valence-electron chi connectivity index (χ0n) is 14.6. The number of ether oxygens (including phenoxy) is 1. The lowest BCUT2D eigenvalue weighted by atomic mass is 10.1. The Kier molecular flexibility index (Phi) is 5.81. The van der Waals surface area contributed by atoms with Crippen LogP contribution in [0.1, 0.15) is 15.9 Å². The summed E-state index contributed by atoms with van der Waals surface area (Å²) >= 11 is 0. The van der Waals surface area contributed by atoms with Crippen molar-refractivity contribution in [3.8, 4) is 0 Å². The first-order valence-corrected chi connectivity index (χ1v) is 8.33. The summed E-state index contributed by atoms with van der Waals surface area (Å²) in [7, 11) is 0. The molecule has 0 bridgehead atoms. The number of carboxylic acid groups (broad SMARTS) is 1. The van der Waals surface area contributed by atoms with Gasteiger partial charge in [0.1, 0.15) is 17.0 Å². The van der Waals surface area contributed by atoms with Gasteiger partial charge in [0.15, 0.2) is 6.04 Å². The van der Waals surface area contributed by atoms with Gasteiger partial charge < -0.3 is 19.6 Å². The van der Waals surface area contributed by atoms with Gasteiger partial charge in [-0.15, -0.1) is 0 Å². The second-order valence-corrected chi connectivity index (χ2v) is 5.96. The molecule has 0 unspecified atom stereocenters. The van der Waals surface area contributed by atoms with E-state index in [9.17, 15) is 23.9 Å². The van der Waals surface area contributed by atoms with Crippen LogP contribution >= 0.6 is 0 Å². The first kappa shape index (κ1) is 19.2. The zero-order chi connectivity index (χ0) is 20.1. The van der Waals surface area contributed by atoms with Crippen LogP contribution in [0.3, 0.4) is 0 Å². The van der Waals surface area contributed by atoms with Crippen molar-refractivity contribution in [1.29, 1.82) is 0 Å². The summed E-state index contributed by atoms with van der Waals surface area (Å²) in [4.78, 5) is 35.8. The van der Waals surface area contributed by atoms with Crippen LogP contribution in [-0.4, -0.2) is 29.6 Å². The molecule has 0 spiro atoms. The Balaban J connectivity index is 1.72. The molecule has 7 nitrogen and oxygen atoms in total. The predicted octanol–water partition coefficient (Wildman–Crippen LogP) is 2.33. The fraction of sp³-hybridized carbons (Fsp3) is 0.150. The molecule has 0 aliphatic rings. The number of hydrogen-bond donors (Lipinski definition) is 2. The molecule has 0 radical (unpaired) electrons. The van der Waals surface area contributed by atoms with E-state index in [1.54, 1.807) is 0 Å². The lowest BCUT2D eigenvalue weighted by Gasteiger charge is -2.14. The van der Waals surface area contributed by atoms with Crippen molar-refractivity contribution in [3.05, 3.63) is 82.0 Å². The molecule has 0 aliphatic carbocycles. The summed E-state index contributed by atoms with van der Waals surface area (Å²) in [6.07, 6.45) is 0. The molecular formula is C20H16FNO6. The molecule has 28 heavy (non-hydrogen) atoms. The van der Waals surface area contributed by atoms with Gasteiger partial charge >= 0.3 is 11.6 Å². The third-order valence-electron chi connectivity index (χ3n) is 3.97. The summed E-state index contributed by atoms with van der Waals surface area (Å²) in [6, 6.07) is 12.6. The van der Waals surface area contributed by atoms with E-state index in [0.29, 0.717) is 0 Å². The summed E-state index contributed by atoms with van der Waals surface area (Å²) < 4.78 is 24.2. The van der Waals surface area contributed by atoms with Crippen LogP contribution in [-0.2, 0) is 16.1 Å². The molecule has 0 saturated heterocycles. The standard InChI is InChI=1S/C20H16FNO6/c21-15-7-4-8-17-13(15)9-14(20(26)28-17)18(23)22-16(19(24)25)11-27-10-12-5-2-1-3-6-12/h1-9,16H,10-11H2,(H,22,23)(H,24,25)/t16-/m0/s1. The van der Waals surface area contributed by atoms with Crippen LogP contribution in [0.5, 0.6) is 0 Å². The summed E-state index contributed by atoms with van der Waals surface area (Å²) in [5.41, 5.74) is -0.664. The van der Waals surface area contributed by atoms with E-state index in [1.165, 1.54) is 12.1 Å². The second-order valence-electron chi connectivity index (χ2n) is 5.96. The maximum Gasteiger partial charge on any atom is 0.349 e. The quantitative estimate of drug-likeness (QED) is 0.605. The number of fused-ring (bicyclic) bond motifs is 1. The molecule has 0 aliphatic heterocycles. The molecule has 144 valence electrons. The Hall–Kier alpha value is -3.52. The summed E-state index contributed by atoms with van der Waals surface area (Å²) in [5.74, 6) is -3.00. The van der Waals surface area contributed by atoms with Gasteiger partial charge in [0.05, 0.1) is 18.6 Å². The third-order valence-corrected chi connectivity index (χ3v) is 3.97. The van der Waals surface area contributed by atoms with E-state index < -0.39 is 34.9 Å². The van der Waals surface area contributed by atoms with E-state index in [2.05, 4.69) is 5.32 Å². The molecule has 1 amide bonds. The Morgan fingerprint density at radius 3 is 2.61 bits per heavy atom. The second kappa shape index (κ2) is 8.45. The molecule has 0 saturated carbocycles. The van der Waals surface area contributed by atoms with Gasteiger partial charge in [-0.25, -0.2) is 14.0 Å². The first-order valence-electron chi connectivity index (χ1n) is 8.33. The lowest BCUT2D eigenvalue weighted by molar-refractivity contribution is -0.141. The van der Waals surface area contributed by atoms with Crippen molar-refractivity contribution < 1.29 is 28.2 Å². The molecule has 1 heterocycles. The summed E-state index contributed by atoms with van der Waals surface area (Å²) in [5, 5.41) is 11.4. The van der Waals surface area contributed by atoms with E-state index in [-0.39, 0.29) is 24.2 Å². The number of amides is 1. The van der Waals surface area contributed by atoms with Gasteiger partial charge in [-0.1, -0.05) is 36.4 Å². The van der Waals surface area contributed by atoms with Crippen LogP contribution in [0.2, 0.25) is 0 Å². The molecule has 1 atom stereocenters. The highest BCUT2D eigenvalue weighted by Crippen LogP contribution is 2.17. The highest BCUT2D eigenvalue weighted by Gasteiger charge is 2.23. The minimum Gasteiger partial charge on any atom is -0.480 e. The monoisotopic (exact) mass is 385 g/mol. The van der Waals surface area contributed by atoms with Crippen LogP contribution in [0.15, 0.2) is 63.8 Å². The number of nitrogens with one attached hydrogen (secondary N) is 1. The van der Waals surface area contributed by atoms with E-state index in [1.807, 2.05) is 30.3 Å². The van der Waals surface area contributed by atoms with Gasteiger partial charge in [-0.05, 0) is 23.8 Å². The van der Waals surface area contributed by atoms with Crippen LogP contribution in [0, 0.1) is 5.82 Å². The molecule has 3 rings (SSSR count). The molecule has 8 heteroatoms. The van der Waals surface area contributed by atoms with Crippen molar-refractivity contribution in [2.24, 2.45) is 0 Å². The SMILES string of the molecule is O=C(N[C@@H](COCc1ccccc1)C(=O)O)c1cc2c(F)cccc2oc1=O. The maximum absolute atomic E-state index is 13.9. The number of rotatable bonds is 7. The highest BCUT2D eigenvalue weighted by molar-refractivity contribution is 5.98. The fourth-order valence-corrected chi connectivity index (χ4v) is 2.54.